The number of hydrogen-bond donors (Lipinski definition) is 0. The van der Waals surface area contributed by atoms with E-state index in [4.69, 9.17) is 0 Å². The molecule has 2 rings (SSSR count). The zero-order valence-electron chi connectivity index (χ0n) is 10.6. The normalized spacial score (nSPS) is 22.2. The average molecular weight is 218 g/mol. The van der Waals surface area contributed by atoms with Gasteiger partial charge in [0.15, 0.2) is 0 Å². The Kier molecular flexibility index (Phi) is 2.34. The van der Waals surface area contributed by atoms with Crippen LogP contribution in [0, 0.1) is 6.92 Å². The highest BCUT2D eigenvalue weighted by molar-refractivity contribution is 6.90. The maximum absolute atomic E-state index is 2.51. The van der Waals surface area contributed by atoms with Gasteiger partial charge in [0.1, 0.15) is 0 Å². The lowest BCUT2D eigenvalue weighted by Gasteiger charge is -2.40. The summed E-state index contributed by atoms with van der Waals surface area (Å²) in [5.74, 6) is 0. The highest BCUT2D eigenvalue weighted by Gasteiger charge is 2.37. The molecule has 0 aromatic heterocycles. The monoisotopic (exact) mass is 218 g/mol. The summed E-state index contributed by atoms with van der Waals surface area (Å²) in [7, 11) is -1.13. The molecule has 0 saturated heterocycles. The zero-order valence-corrected chi connectivity index (χ0v) is 11.6. The van der Waals surface area contributed by atoms with E-state index in [1.54, 1.807) is 10.8 Å². The standard InChI is InChI=1S/C14H22Si/c1-11-6-7-12-13(10-11)15(4,5)9-8-14(12,2)3/h6-7,10H,8-9H2,1-5H3. The first kappa shape index (κ1) is 10.9. The average Bonchev–Trinajstić information content (AvgIpc) is 2.13. The fraction of sp³-hybridized carbons (Fsp3) is 0.571. The molecular formula is C14H22Si. The van der Waals surface area contributed by atoms with Crippen molar-refractivity contribution in [2.75, 3.05) is 0 Å². The van der Waals surface area contributed by atoms with Crippen molar-refractivity contribution in [3.8, 4) is 0 Å². The van der Waals surface area contributed by atoms with Gasteiger partial charge in [0.25, 0.3) is 0 Å². The summed E-state index contributed by atoms with van der Waals surface area (Å²) in [6.45, 7) is 12.0. The Morgan fingerprint density at radius 2 is 1.87 bits per heavy atom. The van der Waals surface area contributed by atoms with Crippen molar-refractivity contribution >= 4 is 13.3 Å². The molecule has 0 saturated carbocycles. The molecule has 1 heterocycles. The maximum atomic E-state index is 2.51. The molecule has 0 aliphatic carbocycles. The Morgan fingerprint density at radius 1 is 1.20 bits per heavy atom. The molecular weight excluding hydrogens is 196 g/mol. The number of aryl methyl sites for hydroxylation is 1. The van der Waals surface area contributed by atoms with Crippen molar-refractivity contribution in [2.45, 2.75) is 51.7 Å². The molecule has 0 nitrogen and oxygen atoms in total. The summed E-state index contributed by atoms with van der Waals surface area (Å²) in [5, 5.41) is 1.71. The molecule has 0 spiro atoms. The van der Waals surface area contributed by atoms with Gasteiger partial charge in [0, 0.05) is 0 Å². The molecule has 0 unspecified atom stereocenters. The maximum Gasteiger partial charge on any atom is 0.0810 e. The van der Waals surface area contributed by atoms with Crippen LogP contribution in [-0.4, -0.2) is 8.07 Å². The lowest BCUT2D eigenvalue weighted by atomic mass is 9.81. The van der Waals surface area contributed by atoms with Gasteiger partial charge in [-0.15, -0.1) is 0 Å². The first-order valence-electron chi connectivity index (χ1n) is 5.95. The second kappa shape index (κ2) is 3.21. The van der Waals surface area contributed by atoms with Gasteiger partial charge in [-0.3, -0.25) is 0 Å². The van der Waals surface area contributed by atoms with Crippen LogP contribution in [0.5, 0.6) is 0 Å². The Morgan fingerprint density at radius 3 is 2.53 bits per heavy atom. The Balaban J connectivity index is 2.64. The number of fused-ring (bicyclic) bond motifs is 1. The van der Waals surface area contributed by atoms with Crippen molar-refractivity contribution in [2.24, 2.45) is 0 Å². The smallest absolute Gasteiger partial charge is 0.0654 e. The fourth-order valence-electron chi connectivity index (χ4n) is 2.70. The Labute approximate surface area is 94.7 Å². The molecule has 0 fully saturated rings. The van der Waals surface area contributed by atoms with Crippen LogP contribution in [0.3, 0.4) is 0 Å². The van der Waals surface area contributed by atoms with Gasteiger partial charge < -0.3 is 0 Å². The Bertz CT molecular complexity index is 388. The van der Waals surface area contributed by atoms with E-state index in [0.717, 1.165) is 0 Å². The van der Waals surface area contributed by atoms with Crippen LogP contribution in [0.25, 0.3) is 0 Å². The topological polar surface area (TPSA) is 0 Å². The summed E-state index contributed by atoms with van der Waals surface area (Å²) in [6, 6.07) is 8.54. The van der Waals surface area contributed by atoms with Gasteiger partial charge in [-0.2, -0.15) is 0 Å². The number of rotatable bonds is 0. The van der Waals surface area contributed by atoms with Gasteiger partial charge in [0.2, 0.25) is 0 Å². The third kappa shape index (κ3) is 1.78. The zero-order chi connectivity index (χ0) is 11.3. The van der Waals surface area contributed by atoms with E-state index < -0.39 is 8.07 Å². The van der Waals surface area contributed by atoms with Gasteiger partial charge in [0.05, 0.1) is 8.07 Å². The molecule has 82 valence electrons. The van der Waals surface area contributed by atoms with E-state index in [1.807, 2.05) is 0 Å². The summed E-state index contributed by atoms with van der Waals surface area (Å²) in [4.78, 5) is 0. The molecule has 1 aromatic rings. The molecule has 15 heavy (non-hydrogen) atoms. The van der Waals surface area contributed by atoms with Gasteiger partial charge >= 0.3 is 0 Å². The van der Waals surface area contributed by atoms with E-state index >= 15 is 0 Å². The van der Waals surface area contributed by atoms with Gasteiger partial charge in [-0.1, -0.05) is 61.9 Å². The molecule has 1 aliphatic heterocycles. The van der Waals surface area contributed by atoms with Crippen molar-refractivity contribution in [1.29, 1.82) is 0 Å². The van der Waals surface area contributed by atoms with E-state index in [1.165, 1.54) is 18.0 Å². The van der Waals surface area contributed by atoms with Crippen molar-refractivity contribution in [1.82, 2.24) is 0 Å². The first-order valence-corrected chi connectivity index (χ1v) is 9.15. The van der Waals surface area contributed by atoms with Crippen LogP contribution in [0.15, 0.2) is 18.2 Å². The second-order valence-electron chi connectivity index (χ2n) is 6.32. The van der Waals surface area contributed by atoms with Gasteiger partial charge in [-0.05, 0) is 24.3 Å². The minimum atomic E-state index is -1.13. The van der Waals surface area contributed by atoms with Crippen LogP contribution in [0.2, 0.25) is 19.1 Å². The Hall–Kier alpha value is -0.563. The third-order valence-electron chi connectivity index (χ3n) is 4.01. The lowest BCUT2D eigenvalue weighted by molar-refractivity contribution is 0.498. The second-order valence-corrected chi connectivity index (χ2v) is 11.1. The minimum Gasteiger partial charge on any atom is -0.0654 e. The van der Waals surface area contributed by atoms with E-state index in [0.29, 0.717) is 5.41 Å². The highest BCUT2D eigenvalue weighted by atomic mass is 28.3. The lowest BCUT2D eigenvalue weighted by Crippen LogP contribution is -2.51. The SMILES string of the molecule is Cc1ccc2c(c1)[Si](C)(C)CCC2(C)C. The molecule has 1 aromatic carbocycles. The molecule has 0 atom stereocenters. The summed E-state index contributed by atoms with van der Waals surface area (Å²) in [5.41, 5.74) is 3.44. The molecule has 0 N–H and O–H groups in total. The van der Waals surface area contributed by atoms with Gasteiger partial charge in [-0.25, -0.2) is 0 Å². The van der Waals surface area contributed by atoms with Crippen molar-refractivity contribution in [3.63, 3.8) is 0 Å². The van der Waals surface area contributed by atoms with E-state index in [9.17, 15) is 0 Å². The largest absolute Gasteiger partial charge is 0.0810 e. The molecule has 0 radical (unpaired) electrons. The predicted octanol–water partition coefficient (Wildman–Crippen LogP) is 3.59. The summed E-state index contributed by atoms with van der Waals surface area (Å²) >= 11 is 0. The molecule has 0 amide bonds. The first-order chi connectivity index (χ1) is 6.83. The van der Waals surface area contributed by atoms with E-state index in [2.05, 4.69) is 52.1 Å². The summed E-state index contributed by atoms with van der Waals surface area (Å²) < 4.78 is 0. The molecule has 0 bridgehead atoms. The highest BCUT2D eigenvalue weighted by Crippen LogP contribution is 2.36. The molecule has 1 heteroatoms. The number of benzene rings is 1. The summed E-state index contributed by atoms with van der Waals surface area (Å²) in [6.07, 6.45) is 1.36. The van der Waals surface area contributed by atoms with Crippen molar-refractivity contribution < 1.29 is 0 Å². The predicted molar refractivity (Wildman–Crippen MR) is 70.7 cm³/mol. The van der Waals surface area contributed by atoms with Crippen molar-refractivity contribution in [3.05, 3.63) is 29.3 Å². The minimum absolute atomic E-state index is 0.394. The fourth-order valence-corrected chi connectivity index (χ4v) is 5.99. The van der Waals surface area contributed by atoms with Crippen LogP contribution >= 0.6 is 0 Å². The van der Waals surface area contributed by atoms with Crippen LogP contribution in [0.1, 0.15) is 31.4 Å². The van der Waals surface area contributed by atoms with Crippen LogP contribution in [-0.2, 0) is 5.41 Å². The van der Waals surface area contributed by atoms with Crippen LogP contribution < -0.4 is 5.19 Å². The number of hydrogen-bond acceptors (Lipinski definition) is 0. The quantitative estimate of drug-likeness (QED) is 0.584. The van der Waals surface area contributed by atoms with E-state index in [-0.39, 0.29) is 0 Å². The van der Waals surface area contributed by atoms with Crippen LogP contribution in [0.4, 0.5) is 0 Å². The third-order valence-corrected chi connectivity index (χ3v) is 7.38. The molecule has 1 aliphatic rings.